The van der Waals surface area contributed by atoms with Crippen LogP contribution in [0.1, 0.15) is 71.7 Å². The summed E-state index contributed by atoms with van der Waals surface area (Å²) in [5.74, 6) is -0.508. The maximum Gasteiger partial charge on any atom is 0.303 e. The Hall–Kier alpha value is -3.12. The number of hydrogen-bond acceptors (Lipinski definition) is 10. The van der Waals surface area contributed by atoms with Crippen molar-refractivity contribution in [3.8, 4) is 11.5 Å². The maximum atomic E-state index is 13.1. The first-order chi connectivity index (χ1) is 20.1. The zero-order valence-corrected chi connectivity index (χ0v) is 27.9. The van der Waals surface area contributed by atoms with E-state index in [1.54, 1.807) is 18.2 Å². The summed E-state index contributed by atoms with van der Waals surface area (Å²) in [5.41, 5.74) is 8.82. The Kier molecular flexibility index (Phi) is 13.5. The molecule has 0 radical (unpaired) electrons. The molecule has 12 nitrogen and oxygen atoms in total. The Bertz CT molecular complexity index is 1160. The fraction of sp³-hybridized carbons (Fsp3) is 0.700. The van der Waals surface area contributed by atoms with E-state index in [2.05, 4.69) is 43.9 Å². The first-order valence-electron chi connectivity index (χ1n) is 14.6. The van der Waals surface area contributed by atoms with Crippen LogP contribution in [0.25, 0.3) is 10.4 Å². The molecular formula is C30H47N3O9Si. The van der Waals surface area contributed by atoms with E-state index < -0.39 is 38.8 Å². The number of esters is 2. The molecule has 1 aromatic rings. The van der Waals surface area contributed by atoms with Gasteiger partial charge in [-0.2, -0.15) is 0 Å². The fourth-order valence-corrected chi connectivity index (χ4v) is 5.26. The van der Waals surface area contributed by atoms with Gasteiger partial charge in [-0.1, -0.05) is 39.7 Å². The molecule has 13 heteroatoms. The molecular weight excluding hydrogens is 574 g/mol. The van der Waals surface area contributed by atoms with Crippen LogP contribution in [0.3, 0.4) is 0 Å². The predicted molar refractivity (Wildman–Crippen MR) is 162 cm³/mol. The second-order valence-corrected chi connectivity index (χ2v) is 17.1. The van der Waals surface area contributed by atoms with Gasteiger partial charge in [0.15, 0.2) is 11.5 Å². The van der Waals surface area contributed by atoms with Crippen molar-refractivity contribution >= 4 is 26.0 Å². The number of ketones is 1. The minimum atomic E-state index is -2.35. The Balaban J connectivity index is 2.31. The summed E-state index contributed by atoms with van der Waals surface area (Å²) >= 11 is 0. The van der Waals surface area contributed by atoms with E-state index in [1.807, 2.05) is 13.8 Å². The minimum absolute atomic E-state index is 0.0631. The molecule has 2 rings (SSSR count). The molecule has 0 aromatic heterocycles. The van der Waals surface area contributed by atoms with Crippen LogP contribution in [-0.2, 0) is 28.5 Å². The van der Waals surface area contributed by atoms with Gasteiger partial charge in [-0.3, -0.25) is 14.4 Å². The number of nitrogens with zero attached hydrogens (tertiary/aromatic N) is 3. The second kappa shape index (κ2) is 16.1. The molecule has 1 aromatic carbocycles. The number of carbonyl (C=O) groups excluding carboxylic acids is 3. The molecule has 0 amide bonds. The van der Waals surface area contributed by atoms with Crippen LogP contribution in [0.5, 0.6) is 11.5 Å². The van der Waals surface area contributed by atoms with E-state index in [1.165, 1.54) is 13.8 Å². The van der Waals surface area contributed by atoms with Crippen LogP contribution in [0.2, 0.25) is 18.1 Å². The number of Topliss-reactive ketones (excluding diaryl/α,β-unsaturated/α-hetero) is 1. The van der Waals surface area contributed by atoms with Crippen LogP contribution >= 0.6 is 0 Å². The van der Waals surface area contributed by atoms with E-state index in [9.17, 15) is 14.4 Å². The molecule has 5 atom stereocenters. The van der Waals surface area contributed by atoms with E-state index in [0.717, 1.165) is 0 Å². The number of ether oxygens (including phenoxy) is 5. The summed E-state index contributed by atoms with van der Waals surface area (Å²) in [6.07, 6.45) is -1.34. The maximum absolute atomic E-state index is 13.1. The van der Waals surface area contributed by atoms with Gasteiger partial charge in [0.25, 0.3) is 8.32 Å². The highest BCUT2D eigenvalue weighted by atomic mass is 28.4. The van der Waals surface area contributed by atoms with Gasteiger partial charge in [0.2, 0.25) is 6.29 Å². The predicted octanol–water partition coefficient (Wildman–Crippen LogP) is 6.23. The highest BCUT2D eigenvalue weighted by molar-refractivity contribution is 6.74. The molecule has 1 fully saturated rings. The van der Waals surface area contributed by atoms with Gasteiger partial charge >= 0.3 is 11.9 Å². The number of hydrogen-bond donors (Lipinski definition) is 0. The van der Waals surface area contributed by atoms with Gasteiger partial charge in [0.05, 0.1) is 6.61 Å². The van der Waals surface area contributed by atoms with Crippen LogP contribution in [0.4, 0.5) is 0 Å². The zero-order valence-electron chi connectivity index (χ0n) is 26.9. The van der Waals surface area contributed by atoms with Gasteiger partial charge in [-0.05, 0) is 48.3 Å². The Morgan fingerprint density at radius 3 is 2.35 bits per heavy atom. The van der Waals surface area contributed by atoms with Crippen molar-refractivity contribution < 1.29 is 42.5 Å². The average molecular weight is 622 g/mol. The molecule has 0 unspecified atom stereocenters. The monoisotopic (exact) mass is 621 g/mol. The highest BCUT2D eigenvalue weighted by Crippen LogP contribution is 2.42. The number of azide groups is 1. The van der Waals surface area contributed by atoms with Crippen molar-refractivity contribution in [2.45, 2.75) is 97.9 Å². The topological polar surface area (TPSA) is 155 Å². The van der Waals surface area contributed by atoms with Crippen molar-refractivity contribution in [3.05, 3.63) is 34.2 Å². The second-order valence-electron chi connectivity index (χ2n) is 12.4. The number of carbonyl (C=O) groups is 3. The molecule has 0 saturated carbocycles. The molecule has 43 heavy (non-hydrogen) atoms. The van der Waals surface area contributed by atoms with Crippen molar-refractivity contribution in [1.29, 1.82) is 0 Å². The van der Waals surface area contributed by atoms with Gasteiger partial charge in [-0.25, -0.2) is 0 Å². The minimum Gasteiger partial charge on any atom is -0.541 e. The molecule has 1 aliphatic heterocycles. The summed E-state index contributed by atoms with van der Waals surface area (Å²) in [7, 11) is -2.35. The van der Waals surface area contributed by atoms with Crippen LogP contribution in [0, 0.1) is 11.8 Å². The van der Waals surface area contributed by atoms with Crippen LogP contribution < -0.4 is 9.16 Å². The van der Waals surface area contributed by atoms with Crippen molar-refractivity contribution in [2.75, 3.05) is 26.4 Å². The molecule has 1 aliphatic rings. The van der Waals surface area contributed by atoms with Crippen LogP contribution in [0.15, 0.2) is 23.3 Å². The standard InChI is InChI=1S/C30H47N3O9Si/c1-19-20(2)29(41-27(18-38-21(3)34)28(19)39-22(4)35)40-25-13-12-23(17-26(25)42-43(8,9)30(5,6)7)24(36)11-10-15-37-16-14-32-33-31/h12-13,17,19-20,27-29H,10-11,14-16,18H2,1-9H3/t19-,20-,27-,28-,29-/m1/s1. The average Bonchev–Trinajstić information content (AvgIpc) is 2.91. The SMILES string of the molecule is CC(=O)OC[C@H]1O[C@@H](Oc2ccc(C(=O)CCCOCCN=[N+]=[N-])cc2O[Si](C)(C)C(C)(C)C)[C@H](C)[C@@H](C)[C@H]1OC(C)=O. The van der Waals surface area contributed by atoms with Gasteiger partial charge in [0, 0.05) is 55.7 Å². The lowest BCUT2D eigenvalue weighted by molar-refractivity contribution is -0.248. The first-order valence-corrected chi connectivity index (χ1v) is 17.6. The Morgan fingerprint density at radius 2 is 1.74 bits per heavy atom. The Morgan fingerprint density at radius 1 is 1.05 bits per heavy atom. The van der Waals surface area contributed by atoms with Crippen molar-refractivity contribution in [3.63, 3.8) is 0 Å². The quantitative estimate of drug-likeness (QED) is 0.0421. The highest BCUT2D eigenvalue weighted by Gasteiger charge is 2.46. The molecule has 240 valence electrons. The molecule has 0 aliphatic carbocycles. The molecule has 0 bridgehead atoms. The molecule has 0 N–H and O–H groups in total. The lowest BCUT2D eigenvalue weighted by Crippen LogP contribution is -2.54. The fourth-order valence-electron chi connectivity index (χ4n) is 4.25. The van der Waals surface area contributed by atoms with Gasteiger partial charge in [0.1, 0.15) is 24.6 Å². The summed E-state index contributed by atoms with van der Waals surface area (Å²) in [5, 5.41) is 3.30. The lowest BCUT2D eigenvalue weighted by atomic mass is 9.84. The third kappa shape index (κ3) is 10.8. The normalized spacial score (nSPS) is 22.2. The van der Waals surface area contributed by atoms with E-state index in [0.29, 0.717) is 36.7 Å². The summed E-state index contributed by atoms with van der Waals surface area (Å²) in [6, 6.07) is 5.13. The summed E-state index contributed by atoms with van der Waals surface area (Å²) in [4.78, 5) is 39.1. The summed E-state index contributed by atoms with van der Waals surface area (Å²) in [6.45, 7) is 17.9. The number of rotatable bonds is 15. The lowest BCUT2D eigenvalue weighted by Gasteiger charge is -2.43. The van der Waals surface area contributed by atoms with E-state index in [-0.39, 0.29) is 42.2 Å². The van der Waals surface area contributed by atoms with Gasteiger partial charge < -0.3 is 28.1 Å². The third-order valence-corrected chi connectivity index (χ3v) is 12.3. The van der Waals surface area contributed by atoms with E-state index in [4.69, 9.17) is 33.6 Å². The molecule has 1 saturated heterocycles. The largest absolute Gasteiger partial charge is 0.541 e. The van der Waals surface area contributed by atoms with Crippen molar-refractivity contribution in [2.24, 2.45) is 17.0 Å². The van der Waals surface area contributed by atoms with E-state index >= 15 is 0 Å². The number of benzene rings is 1. The van der Waals surface area contributed by atoms with Crippen LogP contribution in [-0.4, -0.2) is 70.9 Å². The first kappa shape index (κ1) is 36.1. The smallest absolute Gasteiger partial charge is 0.303 e. The summed E-state index contributed by atoms with van der Waals surface area (Å²) < 4.78 is 35.5. The molecule has 1 heterocycles. The Labute approximate surface area is 255 Å². The third-order valence-electron chi connectivity index (χ3n) is 7.98. The van der Waals surface area contributed by atoms with Gasteiger partial charge in [-0.15, -0.1) is 0 Å². The zero-order chi connectivity index (χ0) is 32.4. The van der Waals surface area contributed by atoms with Crippen molar-refractivity contribution in [1.82, 2.24) is 0 Å². The molecule has 0 spiro atoms.